The number of carboxylic acid groups (broad SMARTS) is 1. The zero-order valence-electron chi connectivity index (χ0n) is 21.5. The van der Waals surface area contributed by atoms with Crippen molar-refractivity contribution in [3.63, 3.8) is 0 Å². The summed E-state index contributed by atoms with van der Waals surface area (Å²) in [7, 11) is 1.81. The van der Waals surface area contributed by atoms with E-state index in [1.807, 2.05) is 61.8 Å². The smallest absolute Gasteiger partial charge is 0.339 e. The minimum Gasteiger partial charge on any atom is -0.493 e. The minimum atomic E-state index is -2.54. The van der Waals surface area contributed by atoms with Crippen molar-refractivity contribution in [2.45, 2.75) is 49.9 Å². The van der Waals surface area contributed by atoms with Crippen LogP contribution in [0.15, 0.2) is 60.9 Å². The molecule has 0 radical (unpaired) electrons. The molecular weight excluding hydrogens is 504 g/mol. The third kappa shape index (κ3) is 5.28. The normalized spacial score (nSPS) is 20.6. The summed E-state index contributed by atoms with van der Waals surface area (Å²) in [5, 5.41) is 22.6. The highest BCUT2D eigenvalue weighted by Crippen LogP contribution is 2.55. The van der Waals surface area contributed by atoms with E-state index < -0.39 is 11.9 Å². The number of carboxylic acids is 1. The van der Waals surface area contributed by atoms with Gasteiger partial charge in [0.15, 0.2) is 0 Å². The Morgan fingerprint density at radius 2 is 1.85 bits per heavy atom. The molecule has 4 aromatic rings. The second-order valence-electron chi connectivity index (χ2n) is 10.6. The van der Waals surface area contributed by atoms with E-state index >= 15 is 0 Å². The van der Waals surface area contributed by atoms with E-state index in [0.29, 0.717) is 30.9 Å². The lowest BCUT2D eigenvalue weighted by Crippen LogP contribution is -2.27. The Morgan fingerprint density at radius 1 is 1.10 bits per heavy atom. The first kappa shape index (κ1) is 25.2. The van der Waals surface area contributed by atoms with Gasteiger partial charge in [-0.1, -0.05) is 29.5 Å². The number of nitrogens with zero attached hydrogens (tertiary/aromatic N) is 5. The van der Waals surface area contributed by atoms with E-state index in [0.717, 1.165) is 28.9 Å². The Labute approximate surface area is 224 Å². The van der Waals surface area contributed by atoms with Crippen molar-refractivity contribution >= 4 is 5.97 Å². The molecule has 2 saturated carbocycles. The Bertz CT molecular complexity index is 1500. The second kappa shape index (κ2) is 9.91. The van der Waals surface area contributed by atoms with Crippen molar-refractivity contribution < 1.29 is 23.4 Å². The molecule has 2 heterocycles. The summed E-state index contributed by atoms with van der Waals surface area (Å²) < 4.78 is 36.3. The van der Waals surface area contributed by atoms with E-state index in [-0.39, 0.29) is 36.2 Å². The highest BCUT2D eigenvalue weighted by atomic mass is 19.3. The van der Waals surface area contributed by atoms with Gasteiger partial charge in [0.2, 0.25) is 5.92 Å². The second-order valence-corrected chi connectivity index (χ2v) is 10.6. The molecule has 8 nitrogen and oxygen atoms in total. The number of hydrogen-bond acceptors (Lipinski definition) is 5. The number of halogens is 2. The molecule has 0 amide bonds. The summed E-state index contributed by atoms with van der Waals surface area (Å²) in [6.45, 7) is 0.419. The van der Waals surface area contributed by atoms with Crippen molar-refractivity contribution in [2.75, 3.05) is 6.61 Å². The molecule has 10 heteroatoms. The first-order valence-electron chi connectivity index (χ1n) is 13.2. The van der Waals surface area contributed by atoms with Gasteiger partial charge in [-0.3, -0.25) is 4.68 Å². The van der Waals surface area contributed by atoms with Gasteiger partial charge in [-0.25, -0.2) is 18.3 Å². The molecule has 202 valence electrons. The molecule has 2 fully saturated rings. The average Bonchev–Trinajstić information content (AvgIpc) is 3.37. The molecule has 2 aromatic carbocycles. The van der Waals surface area contributed by atoms with Gasteiger partial charge in [-0.2, -0.15) is 5.10 Å². The van der Waals surface area contributed by atoms with Crippen LogP contribution in [0.5, 0.6) is 5.75 Å². The summed E-state index contributed by atoms with van der Waals surface area (Å²) in [5.74, 6) is -2.66. The van der Waals surface area contributed by atoms with Crippen LogP contribution in [0, 0.1) is 5.92 Å². The number of benzene rings is 2. The number of alkyl halides is 2. The van der Waals surface area contributed by atoms with Crippen LogP contribution in [0.3, 0.4) is 0 Å². The van der Waals surface area contributed by atoms with Gasteiger partial charge >= 0.3 is 5.97 Å². The lowest BCUT2D eigenvalue weighted by molar-refractivity contribution is -0.0498. The molecule has 0 saturated heterocycles. The van der Waals surface area contributed by atoms with Crippen molar-refractivity contribution in [1.82, 2.24) is 24.8 Å². The maximum atomic E-state index is 13.5. The van der Waals surface area contributed by atoms with E-state index in [1.165, 1.54) is 6.20 Å². The third-order valence-electron chi connectivity index (χ3n) is 7.76. The van der Waals surface area contributed by atoms with Crippen molar-refractivity contribution in [3.8, 4) is 22.6 Å². The zero-order valence-corrected chi connectivity index (χ0v) is 21.5. The van der Waals surface area contributed by atoms with Crippen LogP contribution in [0.25, 0.3) is 16.8 Å². The van der Waals surface area contributed by atoms with Crippen molar-refractivity contribution in [1.29, 1.82) is 0 Å². The fourth-order valence-corrected chi connectivity index (χ4v) is 5.51. The Hall–Kier alpha value is -4.08. The average molecular weight is 534 g/mol. The van der Waals surface area contributed by atoms with Crippen molar-refractivity contribution in [3.05, 3.63) is 77.9 Å². The van der Waals surface area contributed by atoms with Gasteiger partial charge in [0.05, 0.1) is 29.9 Å². The lowest BCUT2D eigenvalue weighted by atomic mass is 9.87. The number of carbonyl (C=O) groups is 1. The van der Waals surface area contributed by atoms with E-state index in [1.54, 1.807) is 9.36 Å². The molecule has 6 rings (SSSR count). The number of hydrogen-bond donors (Lipinski definition) is 1. The molecule has 39 heavy (non-hydrogen) atoms. The van der Waals surface area contributed by atoms with Gasteiger partial charge in [-0.15, -0.1) is 5.10 Å². The molecule has 2 aliphatic carbocycles. The predicted octanol–water partition coefficient (Wildman–Crippen LogP) is 5.84. The fourth-order valence-electron chi connectivity index (χ4n) is 5.51. The highest BCUT2D eigenvalue weighted by Gasteiger charge is 2.46. The molecule has 2 atom stereocenters. The lowest BCUT2D eigenvalue weighted by Gasteiger charge is -2.28. The van der Waals surface area contributed by atoms with E-state index in [2.05, 4.69) is 15.4 Å². The first-order chi connectivity index (χ1) is 18.8. The third-order valence-corrected chi connectivity index (χ3v) is 7.76. The number of ether oxygens (including phenoxy) is 1. The summed E-state index contributed by atoms with van der Waals surface area (Å²) in [6, 6.07) is 15.5. The fraction of sp³-hybridized carbons (Fsp3) is 0.379. The summed E-state index contributed by atoms with van der Waals surface area (Å²) in [4.78, 5) is 12.0. The Morgan fingerprint density at radius 3 is 2.56 bits per heavy atom. The van der Waals surface area contributed by atoms with Gasteiger partial charge < -0.3 is 9.84 Å². The van der Waals surface area contributed by atoms with Crippen LogP contribution in [0.2, 0.25) is 0 Å². The summed E-state index contributed by atoms with van der Waals surface area (Å²) in [6.07, 6.45) is 4.84. The number of aromatic carboxylic acids is 1. The standard InChI is InChI=1S/C29H29F2N5O3/c1-35-16-26(33-34-35)23-14-24(23)27-25(28(37)38)15-32-36(27)21-6-2-4-19(12-21)20-5-3-7-22(13-20)39-17-18-8-10-29(30,31)11-9-18/h2-7,12-13,15-16,18,23-24H,8-11,14,17H2,1H3,(H,37,38)/t23-,24+/m1/s1. The summed E-state index contributed by atoms with van der Waals surface area (Å²) >= 11 is 0. The molecular formula is C29H29F2N5O3. The van der Waals surface area contributed by atoms with Crippen LogP contribution >= 0.6 is 0 Å². The van der Waals surface area contributed by atoms with Crippen LogP contribution in [-0.4, -0.2) is 48.4 Å². The largest absolute Gasteiger partial charge is 0.493 e. The quantitative estimate of drug-likeness (QED) is 0.306. The molecule has 0 spiro atoms. The highest BCUT2D eigenvalue weighted by molar-refractivity contribution is 5.89. The van der Waals surface area contributed by atoms with Gasteiger partial charge in [0.25, 0.3) is 0 Å². The van der Waals surface area contributed by atoms with Gasteiger partial charge in [0, 0.05) is 37.9 Å². The molecule has 2 aromatic heterocycles. The van der Waals surface area contributed by atoms with Gasteiger partial charge in [0.1, 0.15) is 11.3 Å². The van der Waals surface area contributed by atoms with E-state index in [4.69, 9.17) is 4.74 Å². The SMILES string of the molecule is Cn1cc([C@@H]2C[C@@H]2c2c(C(=O)O)cnn2-c2cccc(-c3cccc(OCC4CCC(F)(F)CC4)c3)c2)nn1. The molecule has 0 unspecified atom stereocenters. The Balaban J connectivity index is 1.23. The van der Waals surface area contributed by atoms with Crippen LogP contribution in [0.1, 0.15) is 65.7 Å². The minimum absolute atomic E-state index is 0.0181. The zero-order chi connectivity index (χ0) is 27.1. The van der Waals surface area contributed by atoms with Crippen LogP contribution < -0.4 is 4.74 Å². The monoisotopic (exact) mass is 533 g/mol. The van der Waals surface area contributed by atoms with Crippen LogP contribution in [-0.2, 0) is 7.05 Å². The maximum absolute atomic E-state index is 13.5. The first-order valence-corrected chi connectivity index (χ1v) is 13.2. The maximum Gasteiger partial charge on any atom is 0.339 e. The Kier molecular flexibility index (Phi) is 6.40. The number of rotatable bonds is 8. The molecule has 0 bridgehead atoms. The molecule has 0 aliphatic heterocycles. The van der Waals surface area contributed by atoms with E-state index in [9.17, 15) is 18.7 Å². The number of aromatic nitrogens is 5. The van der Waals surface area contributed by atoms with Crippen LogP contribution in [0.4, 0.5) is 8.78 Å². The van der Waals surface area contributed by atoms with Crippen molar-refractivity contribution in [2.24, 2.45) is 13.0 Å². The number of aryl methyl sites for hydroxylation is 1. The molecule has 2 aliphatic rings. The van der Waals surface area contributed by atoms with Gasteiger partial charge in [-0.05, 0) is 60.6 Å². The molecule has 1 N–H and O–H groups in total. The predicted molar refractivity (Wildman–Crippen MR) is 139 cm³/mol. The summed E-state index contributed by atoms with van der Waals surface area (Å²) in [5.41, 5.74) is 4.31. The topological polar surface area (TPSA) is 95.1 Å².